The molecule has 2 aromatic carbocycles. The van der Waals surface area contributed by atoms with Gasteiger partial charge < -0.3 is 5.73 Å². The van der Waals surface area contributed by atoms with Crippen LogP contribution in [0.4, 0.5) is 14.5 Å². The topological polar surface area (TPSA) is 69.6 Å². The van der Waals surface area contributed by atoms with Crippen LogP contribution >= 0.6 is 15.9 Å². The molecule has 8 heteroatoms. The Kier molecular flexibility index (Phi) is 3.38. The molecular formula is C13H8BrF2N5. The quantitative estimate of drug-likeness (QED) is 0.720. The minimum absolute atomic E-state index is 0.194. The number of nitrogens with two attached hydrogens (primary N) is 1. The van der Waals surface area contributed by atoms with Gasteiger partial charge in [-0.1, -0.05) is 0 Å². The number of halogens is 3. The van der Waals surface area contributed by atoms with Crippen molar-refractivity contribution in [2.24, 2.45) is 0 Å². The zero-order chi connectivity index (χ0) is 15.0. The van der Waals surface area contributed by atoms with E-state index in [9.17, 15) is 8.78 Å². The van der Waals surface area contributed by atoms with Crippen LogP contribution in [-0.2, 0) is 0 Å². The van der Waals surface area contributed by atoms with E-state index in [1.54, 1.807) is 6.07 Å². The molecule has 0 bridgehead atoms. The zero-order valence-electron chi connectivity index (χ0n) is 10.5. The van der Waals surface area contributed by atoms with Crippen molar-refractivity contribution in [2.75, 3.05) is 5.73 Å². The number of nitrogen functional groups attached to an aromatic ring is 1. The molecule has 0 atom stereocenters. The lowest BCUT2D eigenvalue weighted by atomic mass is 10.2. The zero-order valence-corrected chi connectivity index (χ0v) is 12.1. The van der Waals surface area contributed by atoms with Crippen LogP contribution in [-0.4, -0.2) is 20.2 Å². The second kappa shape index (κ2) is 5.21. The van der Waals surface area contributed by atoms with Crippen LogP contribution in [0, 0.1) is 11.6 Å². The van der Waals surface area contributed by atoms with E-state index in [1.165, 1.54) is 35.0 Å². The lowest BCUT2D eigenvalue weighted by Crippen LogP contribution is -2.02. The molecule has 0 spiro atoms. The van der Waals surface area contributed by atoms with Crippen molar-refractivity contribution in [1.82, 2.24) is 20.2 Å². The Hall–Kier alpha value is -2.35. The van der Waals surface area contributed by atoms with Crippen molar-refractivity contribution in [3.63, 3.8) is 0 Å². The van der Waals surface area contributed by atoms with Crippen LogP contribution in [0.5, 0.6) is 0 Å². The Morgan fingerprint density at radius 3 is 2.62 bits per heavy atom. The molecule has 0 radical (unpaired) electrons. The SMILES string of the molecule is Nc1ccc(-c2nnnn2-c2ccc(F)cc2Br)c(F)c1. The van der Waals surface area contributed by atoms with Gasteiger partial charge in [-0.05, 0) is 62.8 Å². The summed E-state index contributed by atoms with van der Waals surface area (Å²) < 4.78 is 28.9. The van der Waals surface area contributed by atoms with Gasteiger partial charge in [0.1, 0.15) is 11.6 Å². The maximum absolute atomic E-state index is 14.0. The molecule has 2 N–H and O–H groups in total. The molecule has 0 saturated heterocycles. The molecule has 3 aromatic rings. The summed E-state index contributed by atoms with van der Waals surface area (Å²) in [7, 11) is 0. The van der Waals surface area contributed by atoms with E-state index in [2.05, 4.69) is 31.5 Å². The Morgan fingerprint density at radius 2 is 1.90 bits per heavy atom. The summed E-state index contributed by atoms with van der Waals surface area (Å²) in [5.74, 6) is -0.747. The molecule has 3 rings (SSSR count). The minimum Gasteiger partial charge on any atom is -0.399 e. The van der Waals surface area contributed by atoms with Crippen molar-refractivity contribution >= 4 is 21.6 Å². The van der Waals surface area contributed by atoms with Crippen LogP contribution in [0.15, 0.2) is 40.9 Å². The Balaban J connectivity index is 2.17. The Morgan fingerprint density at radius 1 is 1.10 bits per heavy atom. The van der Waals surface area contributed by atoms with Gasteiger partial charge in [0.25, 0.3) is 0 Å². The van der Waals surface area contributed by atoms with E-state index < -0.39 is 11.6 Å². The molecule has 0 aliphatic rings. The first-order chi connectivity index (χ1) is 10.1. The highest BCUT2D eigenvalue weighted by Gasteiger charge is 2.16. The predicted octanol–water partition coefficient (Wildman–Crippen LogP) is 2.95. The summed E-state index contributed by atoms with van der Waals surface area (Å²) in [5.41, 5.74) is 6.52. The van der Waals surface area contributed by atoms with E-state index in [1.807, 2.05) is 0 Å². The van der Waals surface area contributed by atoms with Gasteiger partial charge in [-0.2, -0.15) is 4.68 Å². The number of benzene rings is 2. The van der Waals surface area contributed by atoms with Crippen molar-refractivity contribution in [3.8, 4) is 17.1 Å². The van der Waals surface area contributed by atoms with Crippen LogP contribution < -0.4 is 5.73 Å². The number of aromatic nitrogens is 4. The standard InChI is InChI=1S/C13H8BrF2N5/c14-10-5-7(15)1-4-12(10)21-13(18-19-20-21)9-3-2-8(17)6-11(9)16/h1-6H,17H2. The minimum atomic E-state index is -0.538. The monoisotopic (exact) mass is 351 g/mol. The van der Waals surface area contributed by atoms with Gasteiger partial charge in [0.05, 0.1) is 11.3 Å². The second-order valence-corrected chi connectivity index (χ2v) is 5.10. The second-order valence-electron chi connectivity index (χ2n) is 4.25. The molecule has 1 heterocycles. The van der Waals surface area contributed by atoms with Crippen LogP contribution in [0.1, 0.15) is 0 Å². The third-order valence-corrected chi connectivity index (χ3v) is 3.48. The largest absolute Gasteiger partial charge is 0.399 e. The molecule has 0 saturated carbocycles. The summed E-state index contributed by atoms with van der Waals surface area (Å²) >= 11 is 3.24. The van der Waals surface area contributed by atoms with E-state index in [0.29, 0.717) is 15.8 Å². The number of tetrazole rings is 1. The number of anilines is 1. The number of hydrogen-bond acceptors (Lipinski definition) is 4. The molecular weight excluding hydrogens is 344 g/mol. The summed E-state index contributed by atoms with van der Waals surface area (Å²) in [4.78, 5) is 0. The molecule has 1 aromatic heterocycles. The smallest absolute Gasteiger partial charge is 0.190 e. The first-order valence-corrected chi connectivity index (χ1v) is 6.65. The lowest BCUT2D eigenvalue weighted by Gasteiger charge is -2.08. The first kappa shape index (κ1) is 13.6. The fourth-order valence-corrected chi connectivity index (χ4v) is 2.40. The van der Waals surface area contributed by atoms with E-state index in [-0.39, 0.29) is 11.4 Å². The van der Waals surface area contributed by atoms with Gasteiger partial charge in [0, 0.05) is 10.2 Å². The van der Waals surface area contributed by atoms with Gasteiger partial charge >= 0.3 is 0 Å². The van der Waals surface area contributed by atoms with Gasteiger partial charge in [-0.15, -0.1) is 5.10 Å². The molecule has 0 aliphatic carbocycles. The Labute approximate surface area is 126 Å². The summed E-state index contributed by atoms with van der Waals surface area (Å²) in [6.07, 6.45) is 0. The fraction of sp³-hybridized carbons (Fsp3) is 0. The number of hydrogen-bond donors (Lipinski definition) is 1. The van der Waals surface area contributed by atoms with Gasteiger partial charge in [0.15, 0.2) is 5.82 Å². The molecule has 5 nitrogen and oxygen atoms in total. The summed E-state index contributed by atoms with van der Waals surface area (Å²) in [6.45, 7) is 0. The number of rotatable bonds is 2. The van der Waals surface area contributed by atoms with E-state index in [0.717, 1.165) is 0 Å². The van der Waals surface area contributed by atoms with Crippen molar-refractivity contribution in [2.45, 2.75) is 0 Å². The molecule has 0 aliphatic heterocycles. The molecule has 0 fully saturated rings. The normalized spacial score (nSPS) is 10.8. The highest BCUT2D eigenvalue weighted by atomic mass is 79.9. The highest BCUT2D eigenvalue weighted by molar-refractivity contribution is 9.10. The molecule has 106 valence electrons. The highest BCUT2D eigenvalue weighted by Crippen LogP contribution is 2.27. The fourth-order valence-electron chi connectivity index (χ4n) is 1.88. The Bertz CT molecular complexity index is 752. The first-order valence-electron chi connectivity index (χ1n) is 5.85. The maximum Gasteiger partial charge on any atom is 0.190 e. The molecule has 0 unspecified atom stereocenters. The average molecular weight is 352 g/mol. The summed E-state index contributed by atoms with van der Waals surface area (Å²) in [5, 5.41) is 11.2. The van der Waals surface area contributed by atoms with Gasteiger partial charge in [-0.3, -0.25) is 0 Å². The van der Waals surface area contributed by atoms with E-state index in [4.69, 9.17) is 5.73 Å². The average Bonchev–Trinajstić information content (AvgIpc) is 2.87. The predicted molar refractivity (Wildman–Crippen MR) is 76.6 cm³/mol. The summed E-state index contributed by atoms with van der Waals surface area (Å²) in [6, 6.07) is 8.27. The molecule has 21 heavy (non-hydrogen) atoms. The molecule has 0 amide bonds. The van der Waals surface area contributed by atoms with Gasteiger partial charge in [-0.25, -0.2) is 8.78 Å². The van der Waals surface area contributed by atoms with Gasteiger partial charge in [0.2, 0.25) is 0 Å². The van der Waals surface area contributed by atoms with E-state index >= 15 is 0 Å². The third-order valence-electron chi connectivity index (χ3n) is 2.84. The number of nitrogens with zero attached hydrogens (tertiary/aromatic N) is 4. The lowest BCUT2D eigenvalue weighted by molar-refractivity contribution is 0.624. The van der Waals surface area contributed by atoms with Crippen LogP contribution in [0.25, 0.3) is 17.1 Å². The van der Waals surface area contributed by atoms with Crippen molar-refractivity contribution in [1.29, 1.82) is 0 Å². The van der Waals surface area contributed by atoms with Crippen LogP contribution in [0.3, 0.4) is 0 Å². The van der Waals surface area contributed by atoms with Crippen molar-refractivity contribution in [3.05, 3.63) is 52.5 Å². The van der Waals surface area contributed by atoms with Crippen LogP contribution in [0.2, 0.25) is 0 Å². The third kappa shape index (κ3) is 2.49. The maximum atomic E-state index is 14.0. The van der Waals surface area contributed by atoms with Crippen molar-refractivity contribution < 1.29 is 8.78 Å².